The van der Waals surface area contributed by atoms with Crippen LogP contribution >= 0.6 is 11.8 Å². The van der Waals surface area contributed by atoms with E-state index in [1.54, 1.807) is 0 Å². The molecule has 0 aliphatic carbocycles. The maximum Gasteiger partial charge on any atom is 0.245 e. The van der Waals surface area contributed by atoms with Crippen LogP contribution in [-0.4, -0.2) is 60.2 Å². The number of carbonyl (C=O) groups excluding carboxylic acids is 1. The summed E-state index contributed by atoms with van der Waals surface area (Å²) in [6, 6.07) is 0. The van der Waals surface area contributed by atoms with Crippen molar-refractivity contribution in [3.05, 3.63) is 0 Å². The lowest BCUT2D eigenvalue weighted by Gasteiger charge is -2.28. The molecule has 2 fully saturated rings. The molecule has 1 N–H and O–H groups in total. The summed E-state index contributed by atoms with van der Waals surface area (Å²) < 4.78 is 12.1. The molecule has 2 bridgehead atoms. The van der Waals surface area contributed by atoms with Gasteiger partial charge in [0.1, 0.15) is 0 Å². The van der Waals surface area contributed by atoms with Crippen molar-refractivity contribution in [2.45, 2.75) is 103 Å². The Bertz CT molecular complexity index is 462. The fourth-order valence-corrected chi connectivity index (χ4v) is 6.00. The predicted octanol–water partition coefficient (Wildman–Crippen LogP) is 5.69. The Morgan fingerprint density at radius 2 is 1.67 bits per heavy atom. The first-order valence-corrected chi connectivity index (χ1v) is 13.5. The number of ether oxygens (including phenoxy) is 2. The van der Waals surface area contributed by atoms with Gasteiger partial charge in [-0.25, -0.2) is 5.06 Å². The van der Waals surface area contributed by atoms with Crippen LogP contribution in [0.25, 0.3) is 0 Å². The molecule has 2 heterocycles. The standard InChI is InChI=1S/C24H45NO4S/c1-3-4-5-8-16-28-17-9-6-11-20-21(23-14-13-22(20)29-23)15-19-30-18-10-7-12-24(26)25(2)27/h20-23,27H,3-19H2,1-2H3. The molecule has 2 aliphatic heterocycles. The number of fused-ring (bicyclic) bond motifs is 2. The summed E-state index contributed by atoms with van der Waals surface area (Å²) in [5.41, 5.74) is 0. The highest BCUT2D eigenvalue weighted by atomic mass is 32.2. The van der Waals surface area contributed by atoms with Crippen molar-refractivity contribution >= 4 is 17.7 Å². The summed E-state index contributed by atoms with van der Waals surface area (Å²) in [6.07, 6.45) is 16.0. The summed E-state index contributed by atoms with van der Waals surface area (Å²) >= 11 is 2.01. The van der Waals surface area contributed by atoms with Crippen molar-refractivity contribution in [3.63, 3.8) is 0 Å². The number of nitrogens with zero attached hydrogens (tertiary/aromatic N) is 1. The number of unbranched alkanes of at least 4 members (excludes halogenated alkanes) is 5. The van der Waals surface area contributed by atoms with Crippen molar-refractivity contribution in [2.75, 3.05) is 31.8 Å². The minimum Gasteiger partial charge on any atom is -0.381 e. The fourth-order valence-electron chi connectivity index (χ4n) is 4.95. The molecule has 4 unspecified atom stereocenters. The quantitative estimate of drug-likeness (QED) is 0.168. The van der Waals surface area contributed by atoms with Gasteiger partial charge < -0.3 is 9.47 Å². The van der Waals surface area contributed by atoms with E-state index in [1.165, 1.54) is 77.0 Å². The highest BCUT2D eigenvalue weighted by molar-refractivity contribution is 7.99. The van der Waals surface area contributed by atoms with Crippen molar-refractivity contribution in [3.8, 4) is 0 Å². The van der Waals surface area contributed by atoms with E-state index in [0.717, 1.165) is 43.6 Å². The summed E-state index contributed by atoms with van der Waals surface area (Å²) in [5, 5.41) is 9.76. The molecule has 0 aromatic rings. The van der Waals surface area contributed by atoms with Crippen LogP contribution in [-0.2, 0) is 14.3 Å². The number of hydrogen-bond acceptors (Lipinski definition) is 5. The number of carbonyl (C=O) groups is 1. The van der Waals surface area contributed by atoms with E-state index < -0.39 is 0 Å². The zero-order chi connectivity index (χ0) is 21.6. The van der Waals surface area contributed by atoms with Gasteiger partial charge in [-0.2, -0.15) is 11.8 Å². The zero-order valence-corrected chi connectivity index (χ0v) is 20.2. The molecule has 0 radical (unpaired) electrons. The first-order valence-electron chi connectivity index (χ1n) is 12.4. The number of hydroxylamine groups is 2. The topological polar surface area (TPSA) is 59.0 Å². The van der Waals surface area contributed by atoms with Crippen LogP contribution in [0.1, 0.15) is 90.4 Å². The molecule has 5 nitrogen and oxygen atoms in total. The van der Waals surface area contributed by atoms with E-state index in [-0.39, 0.29) is 5.91 Å². The van der Waals surface area contributed by atoms with E-state index in [4.69, 9.17) is 14.7 Å². The third kappa shape index (κ3) is 9.46. The van der Waals surface area contributed by atoms with Crippen molar-refractivity contribution < 1.29 is 19.5 Å². The first kappa shape index (κ1) is 26.0. The van der Waals surface area contributed by atoms with Crippen LogP contribution in [0.15, 0.2) is 0 Å². The molecule has 176 valence electrons. The van der Waals surface area contributed by atoms with Crippen molar-refractivity contribution in [1.29, 1.82) is 0 Å². The van der Waals surface area contributed by atoms with Crippen LogP contribution < -0.4 is 0 Å². The number of hydrogen-bond donors (Lipinski definition) is 1. The van der Waals surface area contributed by atoms with Crippen LogP contribution in [0, 0.1) is 11.8 Å². The van der Waals surface area contributed by atoms with E-state index >= 15 is 0 Å². The molecule has 0 saturated carbocycles. The van der Waals surface area contributed by atoms with Gasteiger partial charge in [0.05, 0.1) is 12.2 Å². The molecule has 0 aromatic heterocycles. The van der Waals surface area contributed by atoms with Crippen LogP contribution in [0.4, 0.5) is 0 Å². The largest absolute Gasteiger partial charge is 0.381 e. The molecule has 30 heavy (non-hydrogen) atoms. The molecule has 2 saturated heterocycles. The van der Waals surface area contributed by atoms with Crippen LogP contribution in [0.5, 0.6) is 0 Å². The second-order valence-corrected chi connectivity index (χ2v) is 10.3. The van der Waals surface area contributed by atoms with Gasteiger partial charge in [0, 0.05) is 26.7 Å². The second-order valence-electron chi connectivity index (χ2n) is 9.06. The van der Waals surface area contributed by atoms with Gasteiger partial charge in [0.2, 0.25) is 5.91 Å². The normalized spacial score (nSPS) is 25.2. The molecule has 4 atom stereocenters. The Hall–Kier alpha value is -0.300. The molecule has 2 rings (SSSR count). The van der Waals surface area contributed by atoms with Crippen molar-refractivity contribution in [1.82, 2.24) is 5.06 Å². The van der Waals surface area contributed by atoms with Gasteiger partial charge in [0.25, 0.3) is 0 Å². The van der Waals surface area contributed by atoms with Gasteiger partial charge in [-0.05, 0) is 74.7 Å². The summed E-state index contributed by atoms with van der Waals surface area (Å²) in [6.45, 7) is 4.10. The average Bonchev–Trinajstić information content (AvgIpc) is 3.33. The average molecular weight is 444 g/mol. The smallest absolute Gasteiger partial charge is 0.245 e. The summed E-state index contributed by atoms with van der Waals surface area (Å²) in [5.74, 6) is 3.61. The Labute approximate surface area is 188 Å². The lowest BCUT2D eigenvalue weighted by atomic mass is 9.75. The highest BCUT2D eigenvalue weighted by Crippen LogP contribution is 2.47. The number of amides is 1. The molecular formula is C24H45NO4S. The second kappa shape index (κ2) is 15.5. The van der Waals surface area contributed by atoms with Gasteiger partial charge in [-0.3, -0.25) is 10.0 Å². The Morgan fingerprint density at radius 3 is 2.37 bits per heavy atom. The summed E-state index contributed by atoms with van der Waals surface area (Å²) in [7, 11) is 1.40. The maximum absolute atomic E-state index is 11.4. The molecule has 1 amide bonds. The highest BCUT2D eigenvalue weighted by Gasteiger charge is 2.47. The molecule has 0 spiro atoms. The van der Waals surface area contributed by atoms with Gasteiger partial charge in [0.15, 0.2) is 0 Å². The van der Waals surface area contributed by atoms with E-state index in [1.807, 2.05) is 11.8 Å². The molecular weight excluding hydrogens is 398 g/mol. The molecule has 0 aromatic carbocycles. The maximum atomic E-state index is 11.4. The Balaban J connectivity index is 1.51. The third-order valence-corrected chi connectivity index (χ3v) is 7.80. The van der Waals surface area contributed by atoms with Crippen LogP contribution in [0.2, 0.25) is 0 Å². The fraction of sp³-hybridized carbons (Fsp3) is 0.958. The predicted molar refractivity (Wildman–Crippen MR) is 124 cm³/mol. The Morgan fingerprint density at radius 1 is 0.967 bits per heavy atom. The lowest BCUT2D eigenvalue weighted by Crippen LogP contribution is -2.27. The minimum atomic E-state index is -0.191. The lowest BCUT2D eigenvalue weighted by molar-refractivity contribution is -0.159. The summed E-state index contributed by atoms with van der Waals surface area (Å²) in [4.78, 5) is 11.4. The SMILES string of the molecule is CCCCCCOCCCCC1C2CCC(O2)C1CCSCCCCC(=O)N(C)O. The van der Waals surface area contributed by atoms with Crippen LogP contribution in [0.3, 0.4) is 0 Å². The van der Waals surface area contributed by atoms with E-state index in [0.29, 0.717) is 23.7 Å². The minimum absolute atomic E-state index is 0.191. The Kier molecular flexibility index (Phi) is 13.4. The van der Waals surface area contributed by atoms with E-state index in [2.05, 4.69) is 6.92 Å². The van der Waals surface area contributed by atoms with Gasteiger partial charge >= 0.3 is 0 Å². The first-order chi connectivity index (χ1) is 14.6. The number of thioether (sulfide) groups is 1. The monoisotopic (exact) mass is 443 g/mol. The third-order valence-electron chi connectivity index (χ3n) is 6.69. The zero-order valence-electron chi connectivity index (χ0n) is 19.4. The molecule has 6 heteroatoms. The van der Waals surface area contributed by atoms with E-state index in [9.17, 15) is 4.79 Å². The van der Waals surface area contributed by atoms with Gasteiger partial charge in [-0.15, -0.1) is 0 Å². The van der Waals surface area contributed by atoms with Crippen molar-refractivity contribution in [2.24, 2.45) is 11.8 Å². The molecule has 2 aliphatic rings. The number of rotatable bonds is 18. The van der Waals surface area contributed by atoms with Gasteiger partial charge in [-0.1, -0.05) is 32.6 Å².